The molecule has 1 nitrogen and oxygen atoms in total. The quantitative estimate of drug-likeness (QED) is 0.451. The maximum atomic E-state index is 5.12. The number of hydrogen-bond acceptors (Lipinski definition) is 1. The van der Waals surface area contributed by atoms with Crippen molar-refractivity contribution in [3.05, 3.63) is 0 Å². The summed E-state index contributed by atoms with van der Waals surface area (Å²) in [5, 5.41) is 0. The predicted octanol–water partition coefficient (Wildman–Crippen LogP) is 1.13. The van der Waals surface area contributed by atoms with E-state index in [9.17, 15) is 0 Å². The molecule has 1 atom stereocenters. The maximum Gasteiger partial charge on any atom is 0.0538 e. The SMILES string of the molecule is CP(N)Cl. The minimum Gasteiger partial charge on any atom is -0.298 e. The van der Waals surface area contributed by atoms with Crippen molar-refractivity contribution in [3.63, 3.8) is 0 Å². The van der Waals surface area contributed by atoms with Gasteiger partial charge in [0.25, 0.3) is 0 Å². The highest BCUT2D eigenvalue weighted by molar-refractivity contribution is 7.81. The summed E-state index contributed by atoms with van der Waals surface area (Å²) in [5.74, 6) is 0. The van der Waals surface area contributed by atoms with Crippen LogP contribution < -0.4 is 5.50 Å². The van der Waals surface area contributed by atoms with Crippen LogP contribution in [0.5, 0.6) is 0 Å². The van der Waals surface area contributed by atoms with Gasteiger partial charge in [-0.05, 0) is 6.66 Å². The van der Waals surface area contributed by atoms with Gasteiger partial charge in [-0.1, -0.05) is 11.2 Å². The van der Waals surface area contributed by atoms with Gasteiger partial charge in [0.1, 0.15) is 0 Å². The van der Waals surface area contributed by atoms with Crippen LogP contribution in [0.15, 0.2) is 0 Å². The van der Waals surface area contributed by atoms with E-state index in [4.69, 9.17) is 16.7 Å². The van der Waals surface area contributed by atoms with Crippen molar-refractivity contribution in [3.8, 4) is 0 Å². The monoisotopic (exact) mass is 97.0 g/mol. The van der Waals surface area contributed by atoms with Crippen molar-refractivity contribution in [2.24, 2.45) is 5.50 Å². The molecule has 0 aliphatic heterocycles. The molecule has 0 saturated carbocycles. The first-order valence-electron chi connectivity index (χ1n) is 0.874. The highest BCUT2D eigenvalue weighted by Gasteiger charge is 1.70. The molecule has 0 spiro atoms. The average Bonchev–Trinajstić information content (AvgIpc) is 0.811. The molecule has 0 saturated heterocycles. The fourth-order valence-corrected chi connectivity index (χ4v) is 0. The minimum absolute atomic E-state index is 0.648. The molecule has 0 aromatic rings. The molecule has 0 rings (SSSR count). The third-order valence-electron chi connectivity index (χ3n) is 0. The minimum atomic E-state index is -0.648. The molecular formula is CH5ClNP. The molecule has 0 heterocycles. The Hall–Kier alpha value is 0.680. The molecule has 0 aromatic heterocycles. The van der Waals surface area contributed by atoms with Crippen LogP contribution in [0.1, 0.15) is 0 Å². The van der Waals surface area contributed by atoms with Crippen LogP contribution in [0.2, 0.25) is 0 Å². The van der Waals surface area contributed by atoms with Crippen LogP contribution in [0, 0.1) is 0 Å². The molecule has 0 aromatic carbocycles. The lowest BCUT2D eigenvalue weighted by molar-refractivity contribution is 1.97. The van der Waals surface area contributed by atoms with Crippen molar-refractivity contribution in [2.45, 2.75) is 0 Å². The fraction of sp³-hybridized carbons (Fsp3) is 1.00. The Labute approximate surface area is 31.7 Å². The molecule has 1 unspecified atom stereocenters. The van der Waals surface area contributed by atoms with E-state index in [0.717, 1.165) is 0 Å². The zero-order valence-electron chi connectivity index (χ0n) is 2.40. The van der Waals surface area contributed by atoms with Gasteiger partial charge >= 0.3 is 0 Å². The molecule has 0 aliphatic carbocycles. The number of hydrogen-bond donors (Lipinski definition) is 1. The normalized spacial score (nSPS) is 15.8. The van der Waals surface area contributed by atoms with Gasteiger partial charge in [0.2, 0.25) is 0 Å². The van der Waals surface area contributed by atoms with Gasteiger partial charge in [-0.3, -0.25) is 5.50 Å². The van der Waals surface area contributed by atoms with Crippen molar-refractivity contribution in [1.29, 1.82) is 0 Å². The van der Waals surface area contributed by atoms with Gasteiger partial charge < -0.3 is 0 Å². The second-order valence-corrected chi connectivity index (χ2v) is 3.17. The number of halogens is 1. The lowest BCUT2D eigenvalue weighted by atomic mass is 12.0. The van der Waals surface area contributed by atoms with Crippen molar-refractivity contribution in [1.82, 2.24) is 0 Å². The van der Waals surface area contributed by atoms with Gasteiger partial charge in [-0.2, -0.15) is 0 Å². The molecule has 4 heavy (non-hydrogen) atoms. The van der Waals surface area contributed by atoms with Crippen LogP contribution in [-0.2, 0) is 0 Å². The summed E-state index contributed by atoms with van der Waals surface area (Å²) in [6.07, 6.45) is 0. The zero-order chi connectivity index (χ0) is 3.58. The average molecular weight is 97.5 g/mol. The summed E-state index contributed by atoms with van der Waals surface area (Å²) in [6.45, 7) is 1.77. The highest BCUT2D eigenvalue weighted by atomic mass is 35.7. The van der Waals surface area contributed by atoms with E-state index < -0.39 is 7.43 Å². The third-order valence-corrected chi connectivity index (χ3v) is 0. The predicted molar refractivity (Wildman–Crippen MR) is 22.9 cm³/mol. The Morgan fingerprint density at radius 2 is 2.00 bits per heavy atom. The van der Waals surface area contributed by atoms with E-state index in [1.165, 1.54) is 0 Å². The Morgan fingerprint density at radius 1 is 2.00 bits per heavy atom. The standard InChI is InChI=1S/CH5ClNP/c1-4(2)3/h3H2,1H3. The first-order chi connectivity index (χ1) is 1.73. The summed E-state index contributed by atoms with van der Waals surface area (Å²) in [4.78, 5) is 0. The Balaban J connectivity index is 2.32. The molecular weight excluding hydrogens is 92.4 g/mol. The summed E-state index contributed by atoms with van der Waals surface area (Å²) in [5.41, 5.74) is 4.94. The second-order valence-electron chi connectivity index (χ2n) is 0.525. The smallest absolute Gasteiger partial charge is 0.0538 e. The summed E-state index contributed by atoms with van der Waals surface area (Å²) < 4.78 is 0. The highest BCUT2D eigenvalue weighted by Crippen LogP contribution is 2.23. The molecule has 2 N–H and O–H groups in total. The summed E-state index contributed by atoms with van der Waals surface area (Å²) >= 11 is 5.12. The first kappa shape index (κ1) is 4.68. The third kappa shape index (κ3) is 16.4. The van der Waals surface area contributed by atoms with Crippen molar-refractivity contribution >= 4 is 18.7 Å². The van der Waals surface area contributed by atoms with E-state index in [1.807, 2.05) is 0 Å². The molecule has 0 radical (unpaired) electrons. The van der Waals surface area contributed by atoms with Crippen LogP contribution >= 0.6 is 18.7 Å². The van der Waals surface area contributed by atoms with Crippen LogP contribution in [0.4, 0.5) is 0 Å². The largest absolute Gasteiger partial charge is 0.298 e. The molecule has 0 aliphatic rings. The van der Waals surface area contributed by atoms with E-state index in [-0.39, 0.29) is 0 Å². The Morgan fingerprint density at radius 3 is 2.00 bits per heavy atom. The van der Waals surface area contributed by atoms with E-state index >= 15 is 0 Å². The van der Waals surface area contributed by atoms with Crippen molar-refractivity contribution < 1.29 is 0 Å². The molecule has 0 fully saturated rings. The number of rotatable bonds is 0. The lowest BCUT2D eigenvalue weighted by Gasteiger charge is -1.78. The van der Waals surface area contributed by atoms with Gasteiger partial charge in [0.15, 0.2) is 0 Å². The van der Waals surface area contributed by atoms with E-state index in [0.29, 0.717) is 0 Å². The van der Waals surface area contributed by atoms with Gasteiger partial charge in [-0.15, -0.1) is 0 Å². The molecule has 3 heteroatoms. The molecule has 0 amide bonds. The topological polar surface area (TPSA) is 26.0 Å². The van der Waals surface area contributed by atoms with Crippen molar-refractivity contribution in [2.75, 3.05) is 6.66 Å². The Kier molecular flexibility index (Phi) is 2.28. The first-order valence-corrected chi connectivity index (χ1v) is 3.64. The zero-order valence-corrected chi connectivity index (χ0v) is 4.05. The molecule has 26 valence electrons. The van der Waals surface area contributed by atoms with E-state index in [2.05, 4.69) is 0 Å². The van der Waals surface area contributed by atoms with Crippen LogP contribution in [-0.4, -0.2) is 6.66 Å². The van der Waals surface area contributed by atoms with E-state index in [1.54, 1.807) is 6.66 Å². The maximum absolute atomic E-state index is 5.12. The van der Waals surface area contributed by atoms with Gasteiger partial charge in [-0.25, -0.2) is 0 Å². The summed E-state index contributed by atoms with van der Waals surface area (Å²) in [6, 6.07) is 0. The number of nitrogens with two attached hydrogens (primary N) is 1. The lowest BCUT2D eigenvalue weighted by Crippen LogP contribution is -1.70. The Bertz CT molecular complexity index is 12.8. The second kappa shape index (κ2) is 1.95. The fourth-order valence-electron chi connectivity index (χ4n) is 0. The molecule has 0 bridgehead atoms. The van der Waals surface area contributed by atoms with Gasteiger partial charge in [0.05, 0.1) is 7.43 Å². The van der Waals surface area contributed by atoms with Gasteiger partial charge in [0, 0.05) is 0 Å². The van der Waals surface area contributed by atoms with Crippen LogP contribution in [0.25, 0.3) is 0 Å². The summed E-state index contributed by atoms with van der Waals surface area (Å²) in [7, 11) is -0.648. The van der Waals surface area contributed by atoms with Crippen LogP contribution in [0.3, 0.4) is 0 Å².